The van der Waals surface area contributed by atoms with Gasteiger partial charge in [-0.2, -0.15) is 0 Å². The summed E-state index contributed by atoms with van der Waals surface area (Å²) in [6, 6.07) is 8.00. The minimum absolute atomic E-state index is 0.717. The zero-order chi connectivity index (χ0) is 13.8. The molecule has 2 N–H and O–H groups in total. The summed E-state index contributed by atoms with van der Waals surface area (Å²) in [4.78, 5) is 11.1. The van der Waals surface area contributed by atoms with Gasteiger partial charge in [-0.3, -0.25) is 4.98 Å². The van der Waals surface area contributed by atoms with Crippen molar-refractivity contribution < 1.29 is 0 Å². The highest BCUT2D eigenvalue weighted by Crippen LogP contribution is 2.22. The van der Waals surface area contributed by atoms with Gasteiger partial charge in [0.1, 0.15) is 0 Å². The second-order valence-electron chi connectivity index (χ2n) is 4.71. The summed E-state index contributed by atoms with van der Waals surface area (Å²) in [6.07, 6.45) is 1.85. The number of nitrogens with two attached hydrogens (primary N) is 1. The number of hydrogen-bond donors (Lipinski definition) is 1. The van der Waals surface area contributed by atoms with Crippen molar-refractivity contribution in [2.45, 2.75) is 27.3 Å². The van der Waals surface area contributed by atoms with Gasteiger partial charge >= 0.3 is 0 Å². The molecule has 0 aliphatic carbocycles. The molecule has 0 saturated heterocycles. The van der Waals surface area contributed by atoms with Crippen molar-refractivity contribution in [3.8, 4) is 0 Å². The maximum absolute atomic E-state index is 6.06. The molecule has 0 spiro atoms. The third-order valence-electron chi connectivity index (χ3n) is 3.01. The molecule has 4 nitrogen and oxygen atoms in total. The van der Waals surface area contributed by atoms with Gasteiger partial charge in [0.15, 0.2) is 5.82 Å². The van der Waals surface area contributed by atoms with E-state index in [-0.39, 0.29) is 0 Å². The first-order valence-electron chi connectivity index (χ1n) is 6.49. The van der Waals surface area contributed by atoms with Crippen molar-refractivity contribution in [1.82, 2.24) is 9.97 Å². The maximum atomic E-state index is 6.06. The molecule has 0 aliphatic rings. The first kappa shape index (κ1) is 13.3. The van der Waals surface area contributed by atoms with Crippen LogP contribution in [0.2, 0.25) is 0 Å². The molecule has 0 radical (unpaired) electrons. The van der Waals surface area contributed by atoms with Gasteiger partial charge in [-0.1, -0.05) is 6.07 Å². The van der Waals surface area contributed by atoms with Gasteiger partial charge in [0.25, 0.3) is 0 Å². The van der Waals surface area contributed by atoms with Crippen LogP contribution in [0.1, 0.15) is 23.9 Å². The van der Waals surface area contributed by atoms with Crippen LogP contribution < -0.4 is 10.6 Å². The van der Waals surface area contributed by atoms with E-state index < -0.39 is 0 Å². The Labute approximate surface area is 114 Å². The second kappa shape index (κ2) is 5.69. The summed E-state index contributed by atoms with van der Waals surface area (Å²) in [5.74, 6) is 0.830. The van der Waals surface area contributed by atoms with E-state index in [2.05, 4.69) is 21.8 Å². The number of pyridine rings is 2. The Kier molecular flexibility index (Phi) is 4.00. The number of aromatic nitrogens is 2. The summed E-state index contributed by atoms with van der Waals surface area (Å²) in [7, 11) is 0. The largest absolute Gasteiger partial charge is 0.396 e. The number of rotatable bonds is 4. The molecule has 0 saturated carbocycles. The Morgan fingerprint density at radius 1 is 1.26 bits per heavy atom. The number of nitrogens with zero attached hydrogens (tertiary/aromatic N) is 3. The summed E-state index contributed by atoms with van der Waals surface area (Å²) in [5.41, 5.74) is 9.91. The van der Waals surface area contributed by atoms with Gasteiger partial charge < -0.3 is 10.6 Å². The number of anilines is 2. The van der Waals surface area contributed by atoms with Crippen molar-refractivity contribution >= 4 is 11.5 Å². The van der Waals surface area contributed by atoms with Crippen LogP contribution in [-0.2, 0) is 6.54 Å². The average Bonchev–Trinajstić information content (AvgIpc) is 2.37. The van der Waals surface area contributed by atoms with Gasteiger partial charge in [-0.05, 0) is 44.5 Å². The lowest BCUT2D eigenvalue weighted by Crippen LogP contribution is -2.24. The molecule has 2 aromatic rings. The molecule has 4 heteroatoms. The van der Waals surface area contributed by atoms with Gasteiger partial charge in [0.05, 0.1) is 17.9 Å². The summed E-state index contributed by atoms with van der Waals surface area (Å²) >= 11 is 0. The molecule has 2 rings (SSSR count). The third-order valence-corrected chi connectivity index (χ3v) is 3.01. The monoisotopic (exact) mass is 256 g/mol. The van der Waals surface area contributed by atoms with Gasteiger partial charge in [0.2, 0.25) is 0 Å². The fourth-order valence-corrected chi connectivity index (χ4v) is 2.07. The Balaban J connectivity index is 2.25. The highest BCUT2D eigenvalue weighted by Gasteiger charge is 2.11. The first-order valence-corrected chi connectivity index (χ1v) is 6.49. The van der Waals surface area contributed by atoms with E-state index in [0.29, 0.717) is 0 Å². The van der Waals surface area contributed by atoms with Crippen LogP contribution in [-0.4, -0.2) is 16.5 Å². The predicted octanol–water partition coefficient (Wildman–Crippen LogP) is 2.70. The highest BCUT2D eigenvalue weighted by molar-refractivity contribution is 5.63. The van der Waals surface area contributed by atoms with E-state index in [1.165, 1.54) is 0 Å². The van der Waals surface area contributed by atoms with E-state index >= 15 is 0 Å². The lowest BCUT2D eigenvalue weighted by atomic mass is 10.2. The van der Waals surface area contributed by atoms with Crippen LogP contribution in [0.4, 0.5) is 11.5 Å². The fraction of sp³-hybridized carbons (Fsp3) is 0.333. The molecule has 0 amide bonds. The van der Waals surface area contributed by atoms with E-state index in [9.17, 15) is 0 Å². The molecule has 19 heavy (non-hydrogen) atoms. The molecule has 0 fully saturated rings. The minimum Gasteiger partial charge on any atom is -0.396 e. The molecule has 100 valence electrons. The molecular weight excluding hydrogens is 236 g/mol. The zero-order valence-electron chi connectivity index (χ0n) is 11.7. The number of nitrogen functional groups attached to an aromatic ring is 1. The lowest BCUT2D eigenvalue weighted by Gasteiger charge is -2.23. The third kappa shape index (κ3) is 3.22. The van der Waals surface area contributed by atoms with Crippen LogP contribution in [0.3, 0.4) is 0 Å². The standard InChI is InChI=1S/C15H20N4/c1-4-19(10-13-7-5-6-12(3)18-13)15-14(16)8-11(2)9-17-15/h5-9H,4,10,16H2,1-3H3. The molecule has 0 aromatic carbocycles. The topological polar surface area (TPSA) is 55.0 Å². The normalized spacial score (nSPS) is 10.5. The quantitative estimate of drug-likeness (QED) is 0.913. The van der Waals surface area contributed by atoms with Gasteiger partial charge in [-0.25, -0.2) is 4.98 Å². The molecule has 2 heterocycles. The van der Waals surface area contributed by atoms with Crippen molar-refractivity contribution in [2.75, 3.05) is 17.2 Å². The van der Waals surface area contributed by atoms with E-state index in [1.807, 2.05) is 44.3 Å². The van der Waals surface area contributed by atoms with Crippen molar-refractivity contribution in [1.29, 1.82) is 0 Å². The molecule has 0 atom stereocenters. The Hall–Kier alpha value is -2.10. The smallest absolute Gasteiger partial charge is 0.152 e. The summed E-state index contributed by atoms with van der Waals surface area (Å²) in [5, 5.41) is 0. The van der Waals surface area contributed by atoms with E-state index in [0.717, 1.165) is 41.5 Å². The van der Waals surface area contributed by atoms with Crippen molar-refractivity contribution in [3.05, 3.63) is 47.4 Å². The molecular formula is C15H20N4. The summed E-state index contributed by atoms with van der Waals surface area (Å²) < 4.78 is 0. The highest BCUT2D eigenvalue weighted by atomic mass is 15.2. The first-order chi connectivity index (χ1) is 9.10. The second-order valence-corrected chi connectivity index (χ2v) is 4.71. The van der Waals surface area contributed by atoms with Crippen LogP contribution in [0.5, 0.6) is 0 Å². The Morgan fingerprint density at radius 2 is 2.05 bits per heavy atom. The SMILES string of the molecule is CCN(Cc1cccc(C)n1)c1ncc(C)cc1N. The molecule has 0 unspecified atom stereocenters. The molecule has 0 bridgehead atoms. The zero-order valence-corrected chi connectivity index (χ0v) is 11.7. The van der Waals surface area contributed by atoms with Crippen LogP contribution in [0, 0.1) is 13.8 Å². The Morgan fingerprint density at radius 3 is 2.68 bits per heavy atom. The van der Waals surface area contributed by atoms with Gasteiger partial charge in [0, 0.05) is 18.4 Å². The van der Waals surface area contributed by atoms with E-state index in [4.69, 9.17) is 5.73 Å². The lowest BCUT2D eigenvalue weighted by molar-refractivity contribution is 0.791. The van der Waals surface area contributed by atoms with Crippen molar-refractivity contribution in [2.24, 2.45) is 0 Å². The fourth-order valence-electron chi connectivity index (χ4n) is 2.07. The van der Waals surface area contributed by atoms with E-state index in [1.54, 1.807) is 0 Å². The van der Waals surface area contributed by atoms with Gasteiger partial charge in [-0.15, -0.1) is 0 Å². The molecule has 2 aromatic heterocycles. The van der Waals surface area contributed by atoms with Crippen LogP contribution in [0.25, 0.3) is 0 Å². The minimum atomic E-state index is 0.717. The average molecular weight is 256 g/mol. The number of hydrogen-bond acceptors (Lipinski definition) is 4. The predicted molar refractivity (Wildman–Crippen MR) is 79.1 cm³/mol. The van der Waals surface area contributed by atoms with Crippen LogP contribution >= 0.6 is 0 Å². The number of aryl methyl sites for hydroxylation is 2. The maximum Gasteiger partial charge on any atom is 0.152 e. The van der Waals surface area contributed by atoms with Crippen LogP contribution in [0.15, 0.2) is 30.5 Å². The van der Waals surface area contributed by atoms with Crippen molar-refractivity contribution in [3.63, 3.8) is 0 Å². The molecule has 0 aliphatic heterocycles. The summed E-state index contributed by atoms with van der Waals surface area (Å²) in [6.45, 7) is 7.65. The Bertz CT molecular complexity index is 566.